The van der Waals surface area contributed by atoms with Crippen molar-refractivity contribution >= 4 is 17.5 Å². The molecule has 2 aromatic heterocycles. The average molecular weight is 523 g/mol. The van der Waals surface area contributed by atoms with Crippen molar-refractivity contribution in [2.24, 2.45) is 12.5 Å². The molecule has 2 aliphatic rings. The summed E-state index contributed by atoms with van der Waals surface area (Å²) in [6.45, 7) is 7.00. The van der Waals surface area contributed by atoms with E-state index in [-0.39, 0.29) is 23.1 Å². The highest BCUT2D eigenvalue weighted by Gasteiger charge is 2.58. The number of rotatable bonds is 7. The van der Waals surface area contributed by atoms with Gasteiger partial charge in [-0.25, -0.2) is 0 Å². The molecule has 0 bridgehead atoms. The molecule has 1 spiro atoms. The van der Waals surface area contributed by atoms with Crippen LogP contribution in [0.25, 0.3) is 11.1 Å². The van der Waals surface area contributed by atoms with Crippen molar-refractivity contribution in [1.82, 2.24) is 24.9 Å². The molecule has 1 unspecified atom stereocenters. The number of carbonyl (C=O) groups excluding carboxylic acids is 2. The van der Waals surface area contributed by atoms with Gasteiger partial charge in [0.15, 0.2) is 0 Å². The zero-order valence-corrected chi connectivity index (χ0v) is 22.9. The fraction of sp³-hybridized carbons (Fsp3) is 0.355. The molecule has 2 N–H and O–H groups in total. The van der Waals surface area contributed by atoms with E-state index in [1.165, 1.54) is 10.2 Å². The predicted octanol–water partition coefficient (Wildman–Crippen LogP) is 4.78. The third-order valence-electron chi connectivity index (χ3n) is 8.56. The molecule has 39 heavy (non-hydrogen) atoms. The van der Waals surface area contributed by atoms with Crippen molar-refractivity contribution in [2.45, 2.75) is 58.5 Å². The third-order valence-corrected chi connectivity index (χ3v) is 8.56. The smallest absolute Gasteiger partial charge is 0.270 e. The van der Waals surface area contributed by atoms with E-state index in [4.69, 9.17) is 0 Å². The summed E-state index contributed by atoms with van der Waals surface area (Å²) in [5.74, 6) is -0.600. The van der Waals surface area contributed by atoms with E-state index in [9.17, 15) is 9.59 Å². The van der Waals surface area contributed by atoms with E-state index < -0.39 is 6.04 Å². The quantitative estimate of drug-likeness (QED) is 0.365. The minimum atomic E-state index is -0.717. The Morgan fingerprint density at radius 1 is 1.08 bits per heavy atom. The standard InChI is InChI=1S/C31H34N6O2/c1-5-37-20(3)26(19(2)35-37)21-10-12-23(13-11-21)33-30(39)28(34-29(38)25-14-17-32-36(25)4)27-24-9-7-6-8-22(24)18-31(27)15-16-31/h6-14,17,27-28H,5,15-16,18H2,1-4H3,(H,33,39)(H,34,38)/t27?,28-/m0/s1. The maximum atomic E-state index is 14.0. The van der Waals surface area contributed by atoms with Gasteiger partial charge in [-0.15, -0.1) is 0 Å². The summed E-state index contributed by atoms with van der Waals surface area (Å²) in [6, 6.07) is 17.2. The lowest BCUT2D eigenvalue weighted by molar-refractivity contribution is -0.118. The molecule has 6 rings (SSSR count). The topological polar surface area (TPSA) is 93.8 Å². The second-order valence-corrected chi connectivity index (χ2v) is 10.9. The van der Waals surface area contributed by atoms with Crippen LogP contribution >= 0.6 is 0 Å². The number of nitrogens with zero attached hydrogens (tertiary/aromatic N) is 4. The molecule has 2 amide bonds. The monoisotopic (exact) mass is 522 g/mol. The zero-order chi connectivity index (χ0) is 27.3. The van der Waals surface area contributed by atoms with Gasteiger partial charge in [0.2, 0.25) is 5.91 Å². The summed E-state index contributed by atoms with van der Waals surface area (Å²) in [5, 5.41) is 15.0. The highest BCUT2D eigenvalue weighted by molar-refractivity contribution is 6.01. The van der Waals surface area contributed by atoms with Crippen LogP contribution in [0.3, 0.4) is 0 Å². The van der Waals surface area contributed by atoms with Crippen LogP contribution < -0.4 is 10.6 Å². The number of amides is 2. The van der Waals surface area contributed by atoms with E-state index in [1.807, 2.05) is 41.9 Å². The molecule has 8 nitrogen and oxygen atoms in total. The number of hydrogen-bond acceptors (Lipinski definition) is 4. The summed E-state index contributed by atoms with van der Waals surface area (Å²) < 4.78 is 3.53. The van der Waals surface area contributed by atoms with Crippen LogP contribution in [0.15, 0.2) is 60.8 Å². The van der Waals surface area contributed by atoms with E-state index in [2.05, 4.69) is 52.9 Å². The van der Waals surface area contributed by atoms with Gasteiger partial charge in [-0.3, -0.25) is 19.0 Å². The molecule has 2 aromatic carbocycles. The Morgan fingerprint density at radius 2 is 1.82 bits per heavy atom. The summed E-state index contributed by atoms with van der Waals surface area (Å²) in [5.41, 5.74) is 7.86. The second-order valence-electron chi connectivity index (χ2n) is 10.9. The van der Waals surface area contributed by atoms with Gasteiger partial charge in [-0.05, 0) is 80.3 Å². The maximum Gasteiger partial charge on any atom is 0.270 e. The lowest BCUT2D eigenvalue weighted by Crippen LogP contribution is -2.49. The molecular formula is C31H34N6O2. The van der Waals surface area contributed by atoms with Crippen LogP contribution in [0, 0.1) is 19.3 Å². The summed E-state index contributed by atoms with van der Waals surface area (Å²) >= 11 is 0. The fourth-order valence-corrected chi connectivity index (χ4v) is 6.47. The molecule has 0 saturated heterocycles. The number of aryl methyl sites for hydroxylation is 3. The van der Waals surface area contributed by atoms with Crippen molar-refractivity contribution in [3.63, 3.8) is 0 Å². The minimum Gasteiger partial charge on any atom is -0.338 e. The first-order valence-electron chi connectivity index (χ1n) is 13.6. The first-order chi connectivity index (χ1) is 18.8. The molecule has 1 saturated carbocycles. The van der Waals surface area contributed by atoms with Crippen molar-refractivity contribution in [2.75, 3.05) is 5.32 Å². The fourth-order valence-electron chi connectivity index (χ4n) is 6.47. The van der Waals surface area contributed by atoms with Gasteiger partial charge < -0.3 is 10.6 Å². The third kappa shape index (κ3) is 4.33. The Morgan fingerprint density at radius 3 is 2.46 bits per heavy atom. The van der Waals surface area contributed by atoms with E-state index in [1.54, 1.807) is 19.3 Å². The van der Waals surface area contributed by atoms with Crippen LogP contribution in [0.1, 0.15) is 58.7 Å². The summed E-state index contributed by atoms with van der Waals surface area (Å²) in [4.78, 5) is 27.3. The minimum absolute atomic E-state index is 0.0176. The SMILES string of the molecule is CCn1nc(C)c(-c2ccc(NC(=O)[C@@H](NC(=O)c3ccnn3C)C3c4ccccc4CC34CC4)cc2)c1C. The van der Waals surface area contributed by atoms with Crippen LogP contribution in [0.2, 0.25) is 0 Å². The van der Waals surface area contributed by atoms with E-state index in [0.29, 0.717) is 11.4 Å². The van der Waals surface area contributed by atoms with Crippen LogP contribution in [0.4, 0.5) is 5.69 Å². The molecule has 0 aliphatic heterocycles. The average Bonchev–Trinajstić information content (AvgIpc) is 3.28. The summed E-state index contributed by atoms with van der Waals surface area (Å²) in [7, 11) is 1.73. The van der Waals surface area contributed by atoms with Crippen molar-refractivity contribution in [3.8, 4) is 11.1 Å². The largest absolute Gasteiger partial charge is 0.338 e. The van der Waals surface area contributed by atoms with Gasteiger partial charge in [0, 0.05) is 42.7 Å². The highest BCUT2D eigenvalue weighted by atomic mass is 16.2. The Bertz CT molecular complexity index is 1560. The number of benzene rings is 2. The van der Waals surface area contributed by atoms with E-state index >= 15 is 0 Å². The van der Waals surface area contributed by atoms with Crippen molar-refractivity contribution in [1.29, 1.82) is 0 Å². The van der Waals surface area contributed by atoms with Gasteiger partial charge >= 0.3 is 0 Å². The molecule has 4 aromatic rings. The van der Waals surface area contributed by atoms with Crippen LogP contribution in [-0.2, 0) is 24.8 Å². The molecule has 1 fully saturated rings. The number of nitrogens with one attached hydrogen (secondary N) is 2. The number of anilines is 1. The van der Waals surface area contributed by atoms with E-state index in [0.717, 1.165) is 53.9 Å². The predicted molar refractivity (Wildman–Crippen MR) is 150 cm³/mol. The number of carbonyl (C=O) groups is 2. The lowest BCUT2D eigenvalue weighted by Gasteiger charge is -2.29. The van der Waals surface area contributed by atoms with Gasteiger partial charge in [0.05, 0.1) is 5.69 Å². The van der Waals surface area contributed by atoms with Crippen LogP contribution in [-0.4, -0.2) is 37.4 Å². The normalized spacial score (nSPS) is 17.6. The lowest BCUT2D eigenvalue weighted by atomic mass is 9.82. The van der Waals surface area contributed by atoms with Crippen molar-refractivity contribution in [3.05, 3.63) is 89.0 Å². The number of fused-ring (bicyclic) bond motifs is 1. The highest BCUT2D eigenvalue weighted by Crippen LogP contribution is 2.64. The van der Waals surface area contributed by atoms with Gasteiger partial charge in [0.1, 0.15) is 11.7 Å². The summed E-state index contributed by atoms with van der Waals surface area (Å²) in [6.07, 6.45) is 4.64. The van der Waals surface area contributed by atoms with Gasteiger partial charge in [-0.2, -0.15) is 10.2 Å². The molecule has 200 valence electrons. The van der Waals surface area contributed by atoms with Crippen LogP contribution in [0.5, 0.6) is 0 Å². The Kier molecular flexibility index (Phi) is 6.13. The number of hydrogen-bond donors (Lipinski definition) is 2. The molecule has 2 aliphatic carbocycles. The maximum absolute atomic E-state index is 14.0. The van der Waals surface area contributed by atoms with Gasteiger partial charge in [0.25, 0.3) is 5.91 Å². The Hall–Kier alpha value is -4.20. The first kappa shape index (κ1) is 25.1. The second kappa shape index (κ2) is 9.52. The zero-order valence-electron chi connectivity index (χ0n) is 22.9. The van der Waals surface area contributed by atoms with Gasteiger partial charge in [-0.1, -0.05) is 36.4 Å². The Balaban J connectivity index is 1.30. The first-order valence-corrected chi connectivity index (χ1v) is 13.6. The molecule has 8 heteroatoms. The molecule has 2 atom stereocenters. The molecule has 2 heterocycles. The number of aromatic nitrogens is 4. The molecular weight excluding hydrogens is 488 g/mol. The molecule has 0 radical (unpaired) electrons. The van der Waals surface area contributed by atoms with Crippen molar-refractivity contribution < 1.29 is 9.59 Å². The Labute approximate surface area is 228 Å².